The second-order valence-corrected chi connectivity index (χ2v) is 12.0. The van der Waals surface area contributed by atoms with E-state index in [1.807, 2.05) is 13.8 Å². The van der Waals surface area contributed by atoms with E-state index < -0.39 is 16.1 Å². The highest BCUT2D eigenvalue weighted by molar-refractivity contribution is 7.92. The number of hydrogen-bond acceptors (Lipinski definition) is 6. The van der Waals surface area contributed by atoms with Crippen LogP contribution in [0.1, 0.15) is 45.6 Å². The number of halogens is 2. The maximum Gasteiger partial charge on any atom is 0.242 e. The number of sulfonamides is 1. The fourth-order valence-corrected chi connectivity index (χ4v) is 5.21. The number of benzene rings is 2. The normalized spacial score (nSPS) is 14.1. The zero-order chi connectivity index (χ0) is 28.0. The maximum absolute atomic E-state index is 13.4. The zero-order valence-electron chi connectivity index (χ0n) is 21.9. The highest BCUT2D eigenvalue weighted by atomic mass is 35.5. The second kappa shape index (κ2) is 12.9. The minimum atomic E-state index is -3.64. The molecule has 2 atom stereocenters. The lowest BCUT2D eigenvalue weighted by molar-refractivity contribution is -0.140. The van der Waals surface area contributed by atoms with Gasteiger partial charge in [-0.1, -0.05) is 36.2 Å². The molecule has 0 saturated heterocycles. The first-order valence-corrected chi connectivity index (χ1v) is 14.9. The van der Waals surface area contributed by atoms with Crippen molar-refractivity contribution in [1.29, 1.82) is 0 Å². The molecule has 0 saturated carbocycles. The molecule has 0 fully saturated rings. The molecule has 1 aliphatic rings. The van der Waals surface area contributed by atoms with Crippen LogP contribution in [-0.4, -0.2) is 56.8 Å². The molecule has 38 heavy (non-hydrogen) atoms. The van der Waals surface area contributed by atoms with Gasteiger partial charge in [0.2, 0.25) is 28.6 Å². The van der Waals surface area contributed by atoms with Gasteiger partial charge in [0.1, 0.15) is 6.04 Å². The summed E-state index contributed by atoms with van der Waals surface area (Å²) in [6.07, 6.45) is 2.12. The van der Waals surface area contributed by atoms with Crippen LogP contribution in [0.15, 0.2) is 36.4 Å². The molecule has 0 aromatic heterocycles. The van der Waals surface area contributed by atoms with Crippen LogP contribution in [0.4, 0.5) is 5.69 Å². The first kappa shape index (κ1) is 29.9. The van der Waals surface area contributed by atoms with Gasteiger partial charge >= 0.3 is 0 Å². The van der Waals surface area contributed by atoms with E-state index >= 15 is 0 Å². The van der Waals surface area contributed by atoms with Crippen molar-refractivity contribution in [3.05, 3.63) is 52.0 Å². The van der Waals surface area contributed by atoms with E-state index in [-0.39, 0.29) is 50.6 Å². The molecule has 1 heterocycles. The van der Waals surface area contributed by atoms with Gasteiger partial charge in [0.05, 0.1) is 22.0 Å². The lowest BCUT2D eigenvalue weighted by Gasteiger charge is -2.30. The molecular formula is C26H33Cl2N3O6S. The lowest BCUT2D eigenvalue weighted by atomic mass is 10.1. The number of carbonyl (C=O) groups is 2. The molecule has 208 valence electrons. The smallest absolute Gasteiger partial charge is 0.242 e. The van der Waals surface area contributed by atoms with Crippen molar-refractivity contribution in [3.63, 3.8) is 0 Å². The number of rotatable bonds is 12. The van der Waals surface area contributed by atoms with E-state index in [2.05, 4.69) is 5.32 Å². The van der Waals surface area contributed by atoms with E-state index in [1.54, 1.807) is 43.3 Å². The summed E-state index contributed by atoms with van der Waals surface area (Å²) in [5, 5.41) is 3.65. The van der Waals surface area contributed by atoms with E-state index in [9.17, 15) is 18.0 Å². The van der Waals surface area contributed by atoms with E-state index in [4.69, 9.17) is 32.7 Å². The van der Waals surface area contributed by atoms with Gasteiger partial charge in [0, 0.05) is 31.6 Å². The van der Waals surface area contributed by atoms with Crippen LogP contribution in [0.3, 0.4) is 0 Å². The summed E-state index contributed by atoms with van der Waals surface area (Å²) in [5.41, 5.74) is 1.13. The number of anilines is 1. The molecule has 0 spiro atoms. The summed E-state index contributed by atoms with van der Waals surface area (Å²) in [6.45, 7) is 5.81. The van der Waals surface area contributed by atoms with Gasteiger partial charge in [-0.15, -0.1) is 0 Å². The van der Waals surface area contributed by atoms with Crippen molar-refractivity contribution in [1.82, 2.24) is 10.2 Å². The fourth-order valence-electron chi connectivity index (χ4n) is 3.93. The third kappa shape index (κ3) is 7.68. The van der Waals surface area contributed by atoms with Gasteiger partial charge in [-0.3, -0.25) is 13.9 Å². The highest BCUT2D eigenvalue weighted by Crippen LogP contribution is 2.36. The summed E-state index contributed by atoms with van der Waals surface area (Å²) < 4.78 is 37.0. The number of ether oxygens (including phenoxy) is 2. The van der Waals surface area contributed by atoms with Crippen LogP contribution in [0, 0.1) is 0 Å². The van der Waals surface area contributed by atoms with Gasteiger partial charge < -0.3 is 19.7 Å². The molecule has 2 aromatic rings. The highest BCUT2D eigenvalue weighted by Gasteiger charge is 2.28. The van der Waals surface area contributed by atoms with Crippen molar-refractivity contribution in [2.75, 3.05) is 23.9 Å². The molecule has 12 heteroatoms. The minimum absolute atomic E-state index is 0.0266. The number of amides is 2. The first-order valence-electron chi connectivity index (χ1n) is 12.3. The van der Waals surface area contributed by atoms with Crippen LogP contribution in [0.25, 0.3) is 0 Å². The quantitative estimate of drug-likeness (QED) is 0.390. The van der Waals surface area contributed by atoms with Crippen molar-refractivity contribution in [2.24, 2.45) is 0 Å². The van der Waals surface area contributed by atoms with Crippen molar-refractivity contribution < 1.29 is 27.5 Å². The Labute approximate surface area is 234 Å². The molecule has 1 N–H and O–H groups in total. The summed E-state index contributed by atoms with van der Waals surface area (Å²) in [6, 6.07) is 9.13. The largest absolute Gasteiger partial charge is 0.454 e. The summed E-state index contributed by atoms with van der Waals surface area (Å²) in [5.74, 6) is 0.439. The first-order chi connectivity index (χ1) is 17.9. The minimum Gasteiger partial charge on any atom is -0.454 e. The number of hydrogen-bond donors (Lipinski definition) is 1. The predicted molar refractivity (Wildman–Crippen MR) is 148 cm³/mol. The molecule has 0 bridgehead atoms. The number of fused-ring (bicyclic) bond motifs is 1. The Morgan fingerprint density at radius 3 is 2.42 bits per heavy atom. The lowest BCUT2D eigenvalue weighted by Crippen LogP contribution is -2.49. The number of nitrogens with zero attached hydrogens (tertiary/aromatic N) is 2. The number of carbonyl (C=O) groups excluding carboxylic acids is 2. The Morgan fingerprint density at radius 2 is 1.76 bits per heavy atom. The summed E-state index contributed by atoms with van der Waals surface area (Å²) >= 11 is 12.2. The zero-order valence-corrected chi connectivity index (χ0v) is 24.2. The predicted octanol–water partition coefficient (Wildman–Crippen LogP) is 4.60. The van der Waals surface area contributed by atoms with Crippen LogP contribution < -0.4 is 19.1 Å². The Hall–Kier alpha value is -2.69. The molecular weight excluding hydrogens is 553 g/mol. The molecule has 0 radical (unpaired) electrons. The molecule has 0 aliphatic carbocycles. The van der Waals surface area contributed by atoms with E-state index in [0.717, 1.165) is 12.7 Å². The van der Waals surface area contributed by atoms with Crippen molar-refractivity contribution in [3.8, 4) is 11.5 Å². The van der Waals surface area contributed by atoms with Gasteiger partial charge in [-0.05, 0) is 56.5 Å². The molecule has 1 aliphatic heterocycles. The van der Waals surface area contributed by atoms with Gasteiger partial charge in [0.15, 0.2) is 11.5 Å². The van der Waals surface area contributed by atoms with Crippen molar-refractivity contribution >= 4 is 50.7 Å². The van der Waals surface area contributed by atoms with Crippen LogP contribution in [0.2, 0.25) is 10.0 Å². The average molecular weight is 587 g/mol. The second-order valence-electron chi connectivity index (χ2n) is 9.24. The summed E-state index contributed by atoms with van der Waals surface area (Å²) in [4.78, 5) is 27.8. The Bertz CT molecular complexity index is 1270. The third-order valence-electron chi connectivity index (χ3n) is 6.30. The molecule has 9 nitrogen and oxygen atoms in total. The Kier molecular flexibility index (Phi) is 10.1. The van der Waals surface area contributed by atoms with E-state index in [1.165, 1.54) is 9.21 Å². The van der Waals surface area contributed by atoms with Gasteiger partial charge in [-0.2, -0.15) is 0 Å². The van der Waals surface area contributed by atoms with E-state index in [0.29, 0.717) is 32.8 Å². The Morgan fingerprint density at radius 1 is 1.05 bits per heavy atom. The monoisotopic (exact) mass is 585 g/mol. The number of nitrogens with one attached hydrogen (secondary N) is 1. The maximum atomic E-state index is 13.4. The third-order valence-corrected chi connectivity index (χ3v) is 8.23. The van der Waals surface area contributed by atoms with Crippen molar-refractivity contribution in [2.45, 2.75) is 58.7 Å². The Balaban J connectivity index is 1.75. The van der Waals surface area contributed by atoms with Gasteiger partial charge in [0.25, 0.3) is 0 Å². The van der Waals surface area contributed by atoms with Gasteiger partial charge in [-0.25, -0.2) is 8.42 Å². The van der Waals surface area contributed by atoms with Crippen LogP contribution in [-0.2, 0) is 26.2 Å². The molecule has 2 aromatic carbocycles. The van der Waals surface area contributed by atoms with Crippen LogP contribution in [0.5, 0.6) is 11.5 Å². The average Bonchev–Trinajstić information content (AvgIpc) is 3.33. The molecule has 3 rings (SSSR count). The fraction of sp³-hybridized carbons (Fsp3) is 0.462. The standard InChI is InChI=1S/C26H33Cl2N3O6S/c1-5-17(2)29-26(33)18(3)30(15-19-8-10-21(27)22(28)13-19)25(32)7-6-12-31(38(4,34)35)20-9-11-23-24(14-20)37-16-36-23/h8-11,13-14,17-18H,5-7,12,15-16H2,1-4H3,(H,29,33)/t17-,18-/m1/s1. The topological polar surface area (TPSA) is 105 Å². The molecule has 0 unspecified atom stereocenters. The SMILES string of the molecule is CC[C@@H](C)NC(=O)[C@@H](C)N(Cc1ccc(Cl)c(Cl)c1)C(=O)CCCN(c1ccc2c(c1)OCO2)S(C)(=O)=O. The summed E-state index contributed by atoms with van der Waals surface area (Å²) in [7, 11) is -3.64. The molecule has 2 amide bonds. The van der Waals surface area contributed by atoms with Crippen LogP contribution >= 0.6 is 23.2 Å².